The summed E-state index contributed by atoms with van der Waals surface area (Å²) in [6.07, 6.45) is 0.799. The van der Waals surface area contributed by atoms with E-state index >= 15 is 0 Å². The van der Waals surface area contributed by atoms with Gasteiger partial charge in [-0.1, -0.05) is 0 Å². The second-order valence-corrected chi connectivity index (χ2v) is 3.64. The number of nitrogens with one attached hydrogen (secondary N) is 2. The van der Waals surface area contributed by atoms with E-state index in [-0.39, 0.29) is 18.6 Å². The maximum absolute atomic E-state index is 11.3. The Kier molecular flexibility index (Phi) is 11.3. The van der Waals surface area contributed by atoms with Crippen LogP contribution in [0.5, 0.6) is 0 Å². The zero-order valence-electron chi connectivity index (χ0n) is 11.0. The summed E-state index contributed by atoms with van der Waals surface area (Å²) in [5.74, 6) is -0.0200. The number of carbonyl (C=O) groups excluding carboxylic acids is 1. The van der Waals surface area contributed by atoms with E-state index in [2.05, 4.69) is 10.6 Å². The van der Waals surface area contributed by atoms with E-state index in [1.165, 1.54) is 0 Å². The van der Waals surface area contributed by atoms with Crippen LogP contribution in [0, 0.1) is 0 Å². The highest BCUT2D eigenvalue weighted by atomic mass is 16.5. The van der Waals surface area contributed by atoms with Crippen molar-refractivity contribution in [1.82, 2.24) is 10.6 Å². The third-order valence-corrected chi connectivity index (χ3v) is 2.19. The van der Waals surface area contributed by atoms with Crippen molar-refractivity contribution in [3.63, 3.8) is 0 Å². The third kappa shape index (κ3) is 10.2. The minimum absolute atomic E-state index is 0.0200. The molecule has 0 aliphatic heterocycles. The molecule has 0 saturated carbocycles. The van der Waals surface area contributed by atoms with Crippen molar-refractivity contribution in [2.75, 3.05) is 54.2 Å². The Balaban J connectivity index is 3.42. The zero-order valence-corrected chi connectivity index (χ0v) is 11.0. The number of ether oxygens (including phenoxy) is 3. The van der Waals surface area contributed by atoms with Crippen LogP contribution in [0.4, 0.5) is 0 Å². The van der Waals surface area contributed by atoms with Gasteiger partial charge in [0.25, 0.3) is 0 Å². The quantitative estimate of drug-likeness (QED) is 0.477. The van der Waals surface area contributed by atoms with Crippen LogP contribution >= 0.6 is 0 Å². The maximum Gasteiger partial charge on any atom is 0.233 e. The van der Waals surface area contributed by atoms with Crippen molar-refractivity contribution in [2.45, 2.75) is 12.5 Å². The number of hydrogen-bond acceptors (Lipinski definition) is 5. The summed E-state index contributed by atoms with van der Waals surface area (Å²) in [5.41, 5.74) is 0. The number of carbonyl (C=O) groups is 1. The Morgan fingerprint density at radius 1 is 1.24 bits per heavy atom. The molecule has 0 aliphatic carbocycles. The first kappa shape index (κ1) is 16.3. The molecular formula is C11H24N2O4. The van der Waals surface area contributed by atoms with Crippen molar-refractivity contribution < 1.29 is 19.0 Å². The highest BCUT2D eigenvalue weighted by molar-refractivity contribution is 5.77. The first-order valence-corrected chi connectivity index (χ1v) is 5.72. The highest BCUT2D eigenvalue weighted by Crippen LogP contribution is 1.87. The lowest BCUT2D eigenvalue weighted by Crippen LogP contribution is -2.39. The third-order valence-electron chi connectivity index (χ3n) is 2.19. The molecule has 1 unspecified atom stereocenters. The Bertz CT molecular complexity index is 190. The fourth-order valence-corrected chi connectivity index (χ4v) is 1.25. The van der Waals surface area contributed by atoms with Gasteiger partial charge in [-0.25, -0.2) is 0 Å². The molecule has 0 aliphatic rings. The van der Waals surface area contributed by atoms with Gasteiger partial charge in [0.1, 0.15) is 0 Å². The summed E-state index contributed by atoms with van der Waals surface area (Å²) in [7, 11) is 4.88. The van der Waals surface area contributed by atoms with E-state index in [1.54, 1.807) is 21.3 Å². The highest BCUT2D eigenvalue weighted by Gasteiger charge is 2.07. The number of hydrogen-bond donors (Lipinski definition) is 2. The second kappa shape index (κ2) is 11.8. The zero-order chi connectivity index (χ0) is 12.9. The van der Waals surface area contributed by atoms with Crippen LogP contribution in [0.3, 0.4) is 0 Å². The van der Waals surface area contributed by atoms with Crippen molar-refractivity contribution in [2.24, 2.45) is 0 Å². The van der Waals surface area contributed by atoms with Crippen LogP contribution in [-0.4, -0.2) is 66.2 Å². The lowest BCUT2D eigenvalue weighted by atomic mass is 10.3. The first-order valence-electron chi connectivity index (χ1n) is 5.72. The number of methoxy groups -OCH3 is 3. The predicted octanol–water partition coefficient (Wildman–Crippen LogP) is -0.610. The molecule has 6 heteroatoms. The van der Waals surface area contributed by atoms with E-state index < -0.39 is 0 Å². The van der Waals surface area contributed by atoms with Crippen LogP contribution in [0.2, 0.25) is 0 Å². The van der Waals surface area contributed by atoms with Crippen molar-refractivity contribution in [3.05, 3.63) is 0 Å². The van der Waals surface area contributed by atoms with Crippen LogP contribution in [0.15, 0.2) is 0 Å². The molecule has 0 heterocycles. The largest absolute Gasteiger partial charge is 0.385 e. The molecule has 0 saturated heterocycles. The minimum atomic E-state index is -0.0266. The van der Waals surface area contributed by atoms with E-state index in [1.807, 2.05) is 0 Å². The van der Waals surface area contributed by atoms with Crippen LogP contribution < -0.4 is 10.6 Å². The first-order chi connectivity index (χ1) is 8.24. The summed E-state index contributed by atoms with van der Waals surface area (Å²) in [6.45, 7) is 2.69. The van der Waals surface area contributed by atoms with Gasteiger partial charge in [0.2, 0.25) is 5.91 Å². The fraction of sp³-hybridized carbons (Fsp3) is 0.909. The molecule has 0 aromatic carbocycles. The average molecular weight is 248 g/mol. The van der Waals surface area contributed by atoms with Gasteiger partial charge in [-0.3, -0.25) is 4.79 Å². The normalized spacial score (nSPS) is 12.4. The van der Waals surface area contributed by atoms with Crippen LogP contribution in [-0.2, 0) is 19.0 Å². The molecular weight excluding hydrogens is 224 g/mol. The lowest BCUT2D eigenvalue weighted by Gasteiger charge is -2.14. The number of amides is 1. The van der Waals surface area contributed by atoms with Crippen molar-refractivity contribution in [3.8, 4) is 0 Å². The molecule has 0 radical (unpaired) electrons. The molecule has 17 heavy (non-hydrogen) atoms. The monoisotopic (exact) mass is 248 g/mol. The summed E-state index contributed by atoms with van der Waals surface area (Å²) < 4.78 is 15.0. The van der Waals surface area contributed by atoms with E-state index in [0.29, 0.717) is 26.3 Å². The lowest BCUT2D eigenvalue weighted by molar-refractivity contribution is -0.120. The van der Waals surface area contributed by atoms with Gasteiger partial charge in [-0.15, -0.1) is 0 Å². The van der Waals surface area contributed by atoms with Gasteiger partial charge < -0.3 is 24.8 Å². The standard InChI is InChI=1S/C11H24N2O4/c1-15-6-4-5-13-11(14)8-12-7-10(17-3)9-16-2/h10,12H,4-9H2,1-3H3,(H,13,14). The van der Waals surface area contributed by atoms with Crippen LogP contribution in [0.25, 0.3) is 0 Å². The number of rotatable bonds is 11. The maximum atomic E-state index is 11.3. The molecule has 1 atom stereocenters. The molecule has 2 N–H and O–H groups in total. The molecule has 0 aromatic heterocycles. The molecule has 1 amide bonds. The van der Waals surface area contributed by atoms with Gasteiger partial charge in [0, 0.05) is 41.0 Å². The molecule has 0 bridgehead atoms. The summed E-state index contributed by atoms with van der Waals surface area (Å²) in [5, 5.41) is 5.80. The van der Waals surface area contributed by atoms with Gasteiger partial charge in [-0.2, -0.15) is 0 Å². The SMILES string of the molecule is COCCCNC(=O)CNCC(COC)OC. The van der Waals surface area contributed by atoms with Gasteiger partial charge in [-0.05, 0) is 6.42 Å². The van der Waals surface area contributed by atoms with E-state index in [0.717, 1.165) is 6.42 Å². The topological polar surface area (TPSA) is 68.8 Å². The Morgan fingerprint density at radius 2 is 2.00 bits per heavy atom. The molecule has 0 fully saturated rings. The second-order valence-electron chi connectivity index (χ2n) is 3.64. The van der Waals surface area contributed by atoms with E-state index in [4.69, 9.17) is 14.2 Å². The van der Waals surface area contributed by atoms with Crippen molar-refractivity contribution >= 4 is 5.91 Å². The Morgan fingerprint density at radius 3 is 2.59 bits per heavy atom. The molecule has 0 rings (SSSR count). The fourth-order valence-electron chi connectivity index (χ4n) is 1.25. The van der Waals surface area contributed by atoms with Gasteiger partial charge in [0.05, 0.1) is 19.3 Å². The molecule has 0 spiro atoms. The Hall–Kier alpha value is -0.690. The smallest absolute Gasteiger partial charge is 0.233 e. The van der Waals surface area contributed by atoms with Crippen molar-refractivity contribution in [1.29, 1.82) is 0 Å². The molecule has 6 nitrogen and oxygen atoms in total. The molecule has 102 valence electrons. The summed E-state index contributed by atoms with van der Waals surface area (Å²) >= 11 is 0. The minimum Gasteiger partial charge on any atom is -0.385 e. The summed E-state index contributed by atoms with van der Waals surface area (Å²) in [4.78, 5) is 11.3. The summed E-state index contributed by atoms with van der Waals surface area (Å²) in [6, 6.07) is 0. The molecule has 0 aromatic rings. The van der Waals surface area contributed by atoms with Gasteiger partial charge >= 0.3 is 0 Å². The Labute approximate surface area is 103 Å². The average Bonchev–Trinajstić information content (AvgIpc) is 2.33. The van der Waals surface area contributed by atoms with E-state index in [9.17, 15) is 4.79 Å². The predicted molar refractivity (Wildman–Crippen MR) is 65.0 cm³/mol. The van der Waals surface area contributed by atoms with Crippen LogP contribution in [0.1, 0.15) is 6.42 Å². The van der Waals surface area contributed by atoms with Gasteiger partial charge in [0.15, 0.2) is 0 Å².